The summed E-state index contributed by atoms with van der Waals surface area (Å²) in [7, 11) is 6.17. The number of imidazole rings is 1. The molecule has 0 bridgehead atoms. The maximum absolute atomic E-state index is 13.3. The lowest BCUT2D eigenvalue weighted by Crippen LogP contribution is -2.39. The van der Waals surface area contributed by atoms with Crippen molar-refractivity contribution in [1.29, 1.82) is 0 Å². The predicted molar refractivity (Wildman–Crippen MR) is 112 cm³/mol. The fourth-order valence-corrected chi connectivity index (χ4v) is 4.23. The van der Waals surface area contributed by atoms with Crippen LogP contribution in [0.25, 0.3) is 10.9 Å². The van der Waals surface area contributed by atoms with Gasteiger partial charge in [0, 0.05) is 68.6 Å². The molecule has 3 heterocycles. The van der Waals surface area contributed by atoms with Crippen LogP contribution in [0.3, 0.4) is 0 Å². The average Bonchev–Trinajstić information content (AvgIpc) is 3.31. The molecule has 0 aliphatic carbocycles. The molecule has 0 N–H and O–H groups in total. The third kappa shape index (κ3) is 3.56. The van der Waals surface area contributed by atoms with Crippen LogP contribution in [0.1, 0.15) is 34.9 Å². The normalized spacial score (nSPS) is 17.6. The number of aromatic nitrogens is 3. The molecule has 1 fully saturated rings. The van der Waals surface area contributed by atoms with Gasteiger partial charge in [0.1, 0.15) is 5.82 Å². The maximum Gasteiger partial charge on any atom is 0.256 e. The van der Waals surface area contributed by atoms with Crippen molar-refractivity contribution in [3.63, 3.8) is 0 Å². The summed E-state index contributed by atoms with van der Waals surface area (Å²) in [6.07, 6.45) is 8.01. The molecule has 3 aromatic rings. The van der Waals surface area contributed by atoms with E-state index < -0.39 is 0 Å². The highest BCUT2D eigenvalue weighted by Gasteiger charge is 2.29. The molecule has 0 spiro atoms. The fourth-order valence-electron chi connectivity index (χ4n) is 4.23. The Morgan fingerprint density at radius 2 is 2.11 bits per heavy atom. The number of amides is 1. The highest BCUT2D eigenvalue weighted by molar-refractivity contribution is 6.07. The number of para-hydroxylation sites is 1. The largest absolute Gasteiger partial charge is 0.350 e. The zero-order valence-corrected chi connectivity index (χ0v) is 17.0. The Hall–Kier alpha value is -2.60. The molecule has 148 valence electrons. The molecule has 0 saturated carbocycles. The van der Waals surface area contributed by atoms with Crippen molar-refractivity contribution in [2.45, 2.75) is 25.3 Å². The van der Waals surface area contributed by atoms with Gasteiger partial charge < -0.3 is 18.9 Å². The van der Waals surface area contributed by atoms with Crippen LogP contribution in [0.4, 0.5) is 0 Å². The second-order valence-corrected chi connectivity index (χ2v) is 8.04. The first-order chi connectivity index (χ1) is 13.5. The molecule has 4 rings (SSSR count). The van der Waals surface area contributed by atoms with Crippen LogP contribution in [0, 0.1) is 0 Å². The summed E-state index contributed by atoms with van der Waals surface area (Å²) in [5, 5.41) is 1.03. The van der Waals surface area contributed by atoms with E-state index in [1.807, 2.05) is 47.1 Å². The summed E-state index contributed by atoms with van der Waals surface area (Å²) in [4.78, 5) is 22.2. The van der Waals surface area contributed by atoms with E-state index in [0.717, 1.165) is 61.3 Å². The zero-order chi connectivity index (χ0) is 19.7. The highest BCUT2D eigenvalue weighted by Crippen LogP contribution is 2.29. The first kappa shape index (κ1) is 18.7. The summed E-state index contributed by atoms with van der Waals surface area (Å²) in [5.41, 5.74) is 1.90. The van der Waals surface area contributed by atoms with Crippen LogP contribution in [0.5, 0.6) is 0 Å². The van der Waals surface area contributed by atoms with E-state index in [9.17, 15) is 4.79 Å². The van der Waals surface area contributed by atoms with E-state index in [1.54, 1.807) is 0 Å². The Morgan fingerprint density at radius 1 is 1.29 bits per heavy atom. The van der Waals surface area contributed by atoms with E-state index in [4.69, 9.17) is 0 Å². The molecule has 1 aliphatic heterocycles. The van der Waals surface area contributed by atoms with Crippen molar-refractivity contribution in [1.82, 2.24) is 23.9 Å². The van der Waals surface area contributed by atoms with E-state index in [2.05, 4.69) is 40.8 Å². The Bertz CT molecular complexity index is 970. The molecule has 1 aliphatic rings. The number of aryl methyl sites for hydroxylation is 1. The summed E-state index contributed by atoms with van der Waals surface area (Å²) in [5.74, 6) is 1.54. The Labute approximate surface area is 166 Å². The lowest BCUT2D eigenvalue weighted by atomic mass is 9.96. The van der Waals surface area contributed by atoms with Gasteiger partial charge in [-0.25, -0.2) is 4.98 Å². The molecule has 28 heavy (non-hydrogen) atoms. The molecule has 6 nitrogen and oxygen atoms in total. The number of likely N-dealkylation sites (tertiary alicyclic amines) is 1. The SMILES string of the molecule is CN(C)CCn1ccnc1C1CCCN(C(=O)c2cn(C)c3ccccc23)C1. The van der Waals surface area contributed by atoms with Gasteiger partial charge >= 0.3 is 0 Å². The number of nitrogens with zero attached hydrogens (tertiary/aromatic N) is 5. The summed E-state index contributed by atoms with van der Waals surface area (Å²) < 4.78 is 4.29. The fraction of sp³-hybridized carbons (Fsp3) is 0.455. The quantitative estimate of drug-likeness (QED) is 0.685. The maximum atomic E-state index is 13.3. The minimum absolute atomic E-state index is 0.132. The molecular formula is C22H29N5O. The minimum Gasteiger partial charge on any atom is -0.350 e. The molecule has 1 saturated heterocycles. The topological polar surface area (TPSA) is 46.3 Å². The van der Waals surface area contributed by atoms with Crippen LogP contribution in [-0.2, 0) is 13.6 Å². The number of fused-ring (bicyclic) bond motifs is 1. The second-order valence-electron chi connectivity index (χ2n) is 8.04. The lowest BCUT2D eigenvalue weighted by Gasteiger charge is -2.32. The van der Waals surface area contributed by atoms with Gasteiger partial charge in [-0.3, -0.25) is 4.79 Å². The van der Waals surface area contributed by atoms with Crippen LogP contribution >= 0.6 is 0 Å². The van der Waals surface area contributed by atoms with Gasteiger partial charge in [0.2, 0.25) is 0 Å². The Morgan fingerprint density at radius 3 is 2.93 bits per heavy atom. The smallest absolute Gasteiger partial charge is 0.256 e. The number of hydrogen-bond acceptors (Lipinski definition) is 3. The predicted octanol–water partition coefficient (Wildman–Crippen LogP) is 2.96. The van der Waals surface area contributed by atoms with E-state index >= 15 is 0 Å². The molecular weight excluding hydrogens is 350 g/mol. The molecule has 6 heteroatoms. The van der Waals surface area contributed by atoms with Crippen molar-refractivity contribution in [3.05, 3.63) is 54.2 Å². The summed E-state index contributed by atoms with van der Waals surface area (Å²) in [6, 6.07) is 8.12. The van der Waals surface area contributed by atoms with Gasteiger partial charge in [-0.15, -0.1) is 0 Å². The van der Waals surface area contributed by atoms with Gasteiger partial charge in [0.05, 0.1) is 5.56 Å². The molecule has 1 amide bonds. The summed E-state index contributed by atoms with van der Waals surface area (Å²) in [6.45, 7) is 3.46. The third-order valence-electron chi connectivity index (χ3n) is 5.74. The zero-order valence-electron chi connectivity index (χ0n) is 17.0. The monoisotopic (exact) mass is 379 g/mol. The minimum atomic E-state index is 0.132. The van der Waals surface area contributed by atoms with E-state index in [1.165, 1.54) is 0 Å². The standard InChI is InChI=1S/C22H29N5O/c1-24(2)13-14-26-12-10-23-21(26)17-7-6-11-27(15-17)22(28)19-16-25(3)20-9-5-4-8-18(19)20/h4-5,8-10,12,16-17H,6-7,11,13-15H2,1-3H3. The van der Waals surface area contributed by atoms with Crippen LogP contribution in [0.15, 0.2) is 42.9 Å². The highest BCUT2D eigenvalue weighted by atomic mass is 16.2. The molecule has 2 aromatic heterocycles. The Kier molecular flexibility index (Phi) is 5.22. The van der Waals surface area contributed by atoms with Gasteiger partial charge in [0.25, 0.3) is 5.91 Å². The number of rotatable bonds is 5. The summed E-state index contributed by atoms with van der Waals surface area (Å²) >= 11 is 0. The van der Waals surface area contributed by atoms with Gasteiger partial charge in [-0.1, -0.05) is 18.2 Å². The van der Waals surface area contributed by atoms with Crippen molar-refractivity contribution in [2.75, 3.05) is 33.7 Å². The average molecular weight is 380 g/mol. The Balaban J connectivity index is 1.54. The van der Waals surface area contributed by atoms with Gasteiger partial charge in [-0.05, 0) is 33.0 Å². The number of likely N-dealkylation sites (N-methyl/N-ethyl adjacent to an activating group) is 1. The van der Waals surface area contributed by atoms with Crippen LogP contribution in [-0.4, -0.2) is 63.6 Å². The number of benzene rings is 1. The van der Waals surface area contributed by atoms with E-state index in [-0.39, 0.29) is 5.91 Å². The van der Waals surface area contributed by atoms with Crippen molar-refractivity contribution in [2.24, 2.45) is 7.05 Å². The number of piperidine rings is 1. The van der Waals surface area contributed by atoms with Gasteiger partial charge in [0.15, 0.2) is 0 Å². The van der Waals surface area contributed by atoms with Gasteiger partial charge in [-0.2, -0.15) is 0 Å². The first-order valence-corrected chi connectivity index (χ1v) is 10.0. The molecule has 1 atom stereocenters. The van der Waals surface area contributed by atoms with Crippen molar-refractivity contribution in [3.8, 4) is 0 Å². The number of carbonyl (C=O) groups excluding carboxylic acids is 1. The third-order valence-corrected chi connectivity index (χ3v) is 5.74. The van der Waals surface area contributed by atoms with Crippen molar-refractivity contribution < 1.29 is 4.79 Å². The molecule has 0 radical (unpaired) electrons. The van der Waals surface area contributed by atoms with Crippen LogP contribution < -0.4 is 0 Å². The van der Waals surface area contributed by atoms with Crippen molar-refractivity contribution >= 4 is 16.8 Å². The molecule has 1 aromatic carbocycles. The number of hydrogen-bond donors (Lipinski definition) is 0. The van der Waals surface area contributed by atoms with Crippen LogP contribution in [0.2, 0.25) is 0 Å². The number of carbonyl (C=O) groups is 1. The lowest BCUT2D eigenvalue weighted by molar-refractivity contribution is 0.0705. The van der Waals surface area contributed by atoms with E-state index in [0.29, 0.717) is 5.92 Å². The first-order valence-electron chi connectivity index (χ1n) is 10.0. The molecule has 1 unspecified atom stereocenters. The second kappa shape index (κ2) is 7.80.